The summed E-state index contributed by atoms with van der Waals surface area (Å²) in [6.45, 7) is -0.488. The summed E-state index contributed by atoms with van der Waals surface area (Å²) in [7, 11) is -4.22. The average molecular weight is 778 g/mol. The molecule has 12 heteroatoms. The van der Waals surface area contributed by atoms with Crippen molar-refractivity contribution in [2.45, 2.75) is 0 Å². The number of hydrogen-bond acceptors (Lipinski definition) is 5. The van der Waals surface area contributed by atoms with E-state index in [2.05, 4.69) is 0 Å². The largest absolute Gasteiger partial charge is 0.478 e. The van der Waals surface area contributed by atoms with Crippen LogP contribution >= 0.6 is 90.4 Å². The Bertz CT molecular complexity index is 715. The number of carboxylic acid groups (broad SMARTS) is 1. The lowest BCUT2D eigenvalue weighted by molar-refractivity contribution is 0.0524. The highest BCUT2D eigenvalue weighted by atomic mass is 127. The number of rotatable bonds is 5. The Morgan fingerprint density at radius 3 is 1.73 bits per heavy atom. The molecule has 0 radical (unpaired) electrons. The molecule has 1 aromatic rings. The van der Waals surface area contributed by atoms with Gasteiger partial charge in [0.15, 0.2) is 0 Å². The van der Waals surface area contributed by atoms with Crippen LogP contribution in [0.1, 0.15) is 20.7 Å². The first kappa shape index (κ1) is 21.0. The van der Waals surface area contributed by atoms with Crippen molar-refractivity contribution in [3.63, 3.8) is 0 Å². The predicted octanol–water partition coefficient (Wildman–Crippen LogP) is 2.85. The Hall–Kier alpha value is 0.990. The van der Waals surface area contributed by atoms with Gasteiger partial charge in [0.1, 0.15) is 12.4 Å². The molecule has 1 rings (SSSR count). The van der Waals surface area contributed by atoms with Gasteiger partial charge in [0.05, 0.1) is 11.1 Å². The fourth-order valence-corrected chi connectivity index (χ4v) is 5.70. The zero-order valence-electron chi connectivity index (χ0n) is 10.3. The highest BCUT2D eigenvalue weighted by molar-refractivity contribution is 14.1. The Morgan fingerprint density at radius 1 is 0.955 bits per heavy atom. The van der Waals surface area contributed by atoms with Crippen LogP contribution in [0.5, 0.6) is 0 Å². The minimum atomic E-state index is -4.22. The maximum atomic E-state index is 12.1. The van der Waals surface area contributed by atoms with E-state index in [9.17, 15) is 23.1 Å². The molecule has 1 aromatic carbocycles. The highest BCUT2D eigenvalue weighted by Gasteiger charge is 2.27. The Morgan fingerprint density at radius 2 is 1.36 bits per heavy atom. The third kappa shape index (κ3) is 5.24. The lowest BCUT2D eigenvalue weighted by Crippen LogP contribution is -2.19. The molecule has 7 nitrogen and oxygen atoms in total. The number of benzene rings is 1. The number of aromatic carboxylic acids is 1. The summed E-state index contributed by atoms with van der Waals surface area (Å²) in [5.74, 6) is -2.58. The van der Waals surface area contributed by atoms with Crippen LogP contribution in [-0.4, -0.2) is 42.4 Å². The Balaban J connectivity index is 3.21. The lowest BCUT2D eigenvalue weighted by Gasteiger charge is -2.13. The molecule has 0 atom stereocenters. The predicted molar refractivity (Wildman–Crippen MR) is 111 cm³/mol. The zero-order chi connectivity index (χ0) is 17.2. The highest BCUT2D eigenvalue weighted by Crippen LogP contribution is 2.33. The van der Waals surface area contributed by atoms with Crippen molar-refractivity contribution in [1.82, 2.24) is 0 Å². The number of carbonyl (C=O) groups is 2. The SMILES string of the molecule is O=C(O)c1c(I)c(I)c(C(=O)OCCS(=O)(=O)O)c(I)c1I. The van der Waals surface area contributed by atoms with Gasteiger partial charge in [0, 0.05) is 14.3 Å². The molecule has 0 heterocycles. The summed E-state index contributed by atoms with van der Waals surface area (Å²) in [5, 5.41) is 9.23. The van der Waals surface area contributed by atoms with E-state index in [4.69, 9.17) is 9.29 Å². The maximum absolute atomic E-state index is 12.1. The molecule has 0 aliphatic heterocycles. The Labute approximate surface area is 180 Å². The summed E-state index contributed by atoms with van der Waals surface area (Å²) >= 11 is 7.35. The number of carboxylic acids is 1. The van der Waals surface area contributed by atoms with Gasteiger partial charge < -0.3 is 9.84 Å². The summed E-state index contributed by atoms with van der Waals surface area (Å²) in [4.78, 5) is 23.4. The monoisotopic (exact) mass is 778 g/mol. The van der Waals surface area contributed by atoms with Gasteiger partial charge in [-0.2, -0.15) is 8.42 Å². The van der Waals surface area contributed by atoms with Gasteiger partial charge in [-0.15, -0.1) is 0 Å². The normalized spacial score (nSPS) is 11.3. The van der Waals surface area contributed by atoms with E-state index in [0.717, 1.165) is 0 Å². The molecule has 0 aliphatic carbocycles. The van der Waals surface area contributed by atoms with E-state index < -0.39 is 34.4 Å². The third-order valence-electron chi connectivity index (χ3n) is 2.26. The van der Waals surface area contributed by atoms with E-state index in [1.165, 1.54) is 0 Å². The number of ether oxygens (including phenoxy) is 1. The molecule has 0 bridgehead atoms. The summed E-state index contributed by atoms with van der Waals surface area (Å²) in [6.07, 6.45) is 0. The Kier molecular flexibility index (Phi) is 8.02. The molecule has 122 valence electrons. The molecule has 22 heavy (non-hydrogen) atoms. The van der Waals surface area contributed by atoms with Crippen molar-refractivity contribution in [1.29, 1.82) is 0 Å². The molecule has 0 amide bonds. The van der Waals surface area contributed by atoms with Crippen molar-refractivity contribution in [3.05, 3.63) is 25.4 Å². The number of halogens is 4. The fraction of sp³-hybridized carbons (Fsp3) is 0.200. The maximum Gasteiger partial charge on any atom is 0.340 e. The molecule has 0 fully saturated rings. The average Bonchev–Trinajstić information content (AvgIpc) is 2.35. The number of carbonyl (C=O) groups excluding carboxylic acids is 1. The molecular formula is C10H6I4O7S. The van der Waals surface area contributed by atoms with Gasteiger partial charge >= 0.3 is 11.9 Å². The third-order valence-corrected chi connectivity index (χ3v) is 9.32. The van der Waals surface area contributed by atoms with Crippen LogP contribution in [-0.2, 0) is 14.9 Å². The topological polar surface area (TPSA) is 118 Å². The molecular weight excluding hydrogens is 772 g/mol. The van der Waals surface area contributed by atoms with Crippen LogP contribution in [0.4, 0.5) is 0 Å². The van der Waals surface area contributed by atoms with Gasteiger partial charge in [-0.05, 0) is 90.4 Å². The van der Waals surface area contributed by atoms with Crippen LogP contribution < -0.4 is 0 Å². The molecule has 0 aliphatic rings. The van der Waals surface area contributed by atoms with Crippen LogP contribution in [0.25, 0.3) is 0 Å². The second-order valence-corrected chi connectivity index (χ2v) is 9.62. The molecule has 0 saturated carbocycles. The standard InChI is InChI=1S/C10H6I4O7S/c11-5-3(9(15)16)6(12)8(14)4(7(5)13)10(17)21-1-2-22(18,19)20/h1-2H2,(H,15,16)(H,18,19,20). The van der Waals surface area contributed by atoms with Gasteiger partial charge in [0.25, 0.3) is 10.1 Å². The van der Waals surface area contributed by atoms with Crippen molar-refractivity contribution in [2.75, 3.05) is 12.4 Å². The van der Waals surface area contributed by atoms with Gasteiger partial charge in [-0.3, -0.25) is 4.55 Å². The minimum absolute atomic E-state index is 0.101. The van der Waals surface area contributed by atoms with Gasteiger partial charge in [0.2, 0.25) is 0 Å². The number of hydrogen-bond donors (Lipinski definition) is 2. The molecule has 0 unspecified atom stereocenters. The van der Waals surface area contributed by atoms with E-state index in [0.29, 0.717) is 14.3 Å². The van der Waals surface area contributed by atoms with Crippen LogP contribution in [0, 0.1) is 14.3 Å². The summed E-state index contributed by atoms with van der Waals surface area (Å²) in [6, 6.07) is 0. The summed E-state index contributed by atoms with van der Waals surface area (Å²) < 4.78 is 36.3. The number of esters is 1. The van der Waals surface area contributed by atoms with E-state index in [-0.39, 0.29) is 11.1 Å². The van der Waals surface area contributed by atoms with Crippen molar-refractivity contribution >= 4 is 112 Å². The fourth-order valence-electron chi connectivity index (χ4n) is 1.31. The van der Waals surface area contributed by atoms with Gasteiger partial charge in [-0.1, -0.05) is 0 Å². The van der Waals surface area contributed by atoms with Crippen molar-refractivity contribution < 1.29 is 32.4 Å². The van der Waals surface area contributed by atoms with Crippen molar-refractivity contribution in [3.8, 4) is 0 Å². The van der Waals surface area contributed by atoms with Crippen molar-refractivity contribution in [2.24, 2.45) is 0 Å². The van der Waals surface area contributed by atoms with Crippen LogP contribution in [0.2, 0.25) is 0 Å². The first-order valence-electron chi connectivity index (χ1n) is 5.19. The quantitative estimate of drug-likeness (QED) is 0.205. The van der Waals surface area contributed by atoms with E-state index >= 15 is 0 Å². The van der Waals surface area contributed by atoms with Crippen LogP contribution in [0.15, 0.2) is 0 Å². The summed E-state index contributed by atoms with van der Waals surface area (Å²) in [5.41, 5.74) is 0.278. The molecule has 0 spiro atoms. The molecule has 0 saturated heterocycles. The first-order valence-corrected chi connectivity index (χ1v) is 11.1. The second-order valence-electron chi connectivity index (χ2n) is 3.73. The molecule has 0 aromatic heterocycles. The van der Waals surface area contributed by atoms with E-state index in [1.807, 2.05) is 90.4 Å². The zero-order valence-corrected chi connectivity index (χ0v) is 19.7. The van der Waals surface area contributed by atoms with Gasteiger partial charge in [-0.25, -0.2) is 9.59 Å². The van der Waals surface area contributed by atoms with Crippen LogP contribution in [0.3, 0.4) is 0 Å². The lowest BCUT2D eigenvalue weighted by atomic mass is 10.1. The smallest absolute Gasteiger partial charge is 0.340 e. The second kappa shape index (κ2) is 8.39. The molecule has 2 N–H and O–H groups in total. The first-order chi connectivity index (χ1) is 9.97. The van der Waals surface area contributed by atoms with E-state index in [1.54, 1.807) is 0 Å². The minimum Gasteiger partial charge on any atom is -0.478 e.